The molecule has 2 rings (SSSR count). The van der Waals surface area contributed by atoms with Gasteiger partial charge in [0.05, 0.1) is 4.90 Å². The fraction of sp³-hybridized carbons (Fsp3) is 0. The molecular weight excluding hydrogens is 353 g/mol. The summed E-state index contributed by atoms with van der Waals surface area (Å²) >= 11 is 2.04. The molecule has 0 aliphatic heterocycles. The van der Waals surface area contributed by atoms with Crippen LogP contribution in [0.25, 0.3) is 0 Å². The number of anilines is 1. The van der Waals surface area contributed by atoms with E-state index in [9.17, 15) is 8.42 Å². The molecule has 0 atom stereocenters. The lowest BCUT2D eigenvalue weighted by molar-refractivity contribution is 0.601. The zero-order valence-electron chi connectivity index (χ0n) is 8.54. The van der Waals surface area contributed by atoms with Crippen molar-refractivity contribution in [1.82, 2.24) is 9.97 Å². The number of rotatable bonds is 3. The fourth-order valence-corrected chi connectivity index (χ4v) is 2.40. The maximum absolute atomic E-state index is 11.9. The third-order valence-electron chi connectivity index (χ3n) is 1.90. The Morgan fingerprint density at radius 1 is 1.06 bits per heavy atom. The van der Waals surface area contributed by atoms with Gasteiger partial charge in [0.1, 0.15) is 0 Å². The number of aromatic nitrogens is 2. The van der Waals surface area contributed by atoms with Crippen LogP contribution in [0.1, 0.15) is 0 Å². The van der Waals surface area contributed by atoms with E-state index in [-0.39, 0.29) is 10.8 Å². The van der Waals surface area contributed by atoms with E-state index in [1.807, 2.05) is 22.6 Å². The maximum Gasteiger partial charge on any atom is 0.264 e. The third kappa shape index (κ3) is 3.13. The minimum Gasteiger partial charge on any atom is -0.247 e. The van der Waals surface area contributed by atoms with Crippen LogP contribution in [-0.4, -0.2) is 18.4 Å². The van der Waals surface area contributed by atoms with Crippen LogP contribution in [0.2, 0.25) is 0 Å². The molecule has 0 spiro atoms. The van der Waals surface area contributed by atoms with Gasteiger partial charge in [0.2, 0.25) is 5.95 Å². The minimum atomic E-state index is -3.60. The highest BCUT2D eigenvalue weighted by molar-refractivity contribution is 14.1. The van der Waals surface area contributed by atoms with Gasteiger partial charge in [0, 0.05) is 16.0 Å². The molecule has 0 radical (unpaired) electrons. The average Bonchev–Trinajstić information content (AvgIpc) is 2.33. The SMILES string of the molecule is O=S(=O)(Nc1ncc(I)cn1)c1ccccc1. The van der Waals surface area contributed by atoms with E-state index in [4.69, 9.17) is 0 Å². The molecule has 17 heavy (non-hydrogen) atoms. The Morgan fingerprint density at radius 3 is 2.24 bits per heavy atom. The van der Waals surface area contributed by atoms with Crippen LogP contribution in [-0.2, 0) is 10.0 Å². The van der Waals surface area contributed by atoms with Crippen molar-refractivity contribution in [2.24, 2.45) is 0 Å². The maximum atomic E-state index is 11.9. The second-order valence-corrected chi connectivity index (χ2v) is 6.07. The summed E-state index contributed by atoms with van der Waals surface area (Å²) in [7, 11) is -3.60. The Balaban J connectivity index is 2.27. The van der Waals surface area contributed by atoms with Crippen LogP contribution in [0.4, 0.5) is 5.95 Å². The smallest absolute Gasteiger partial charge is 0.247 e. The van der Waals surface area contributed by atoms with Gasteiger partial charge < -0.3 is 0 Å². The third-order valence-corrected chi connectivity index (χ3v) is 3.80. The molecule has 7 heteroatoms. The highest BCUT2D eigenvalue weighted by Gasteiger charge is 2.14. The molecule has 0 aliphatic rings. The lowest BCUT2D eigenvalue weighted by Crippen LogP contribution is -2.14. The summed E-state index contributed by atoms with van der Waals surface area (Å²) in [4.78, 5) is 7.94. The summed E-state index contributed by atoms with van der Waals surface area (Å²) in [6, 6.07) is 8.08. The van der Waals surface area contributed by atoms with Gasteiger partial charge in [-0.1, -0.05) is 18.2 Å². The van der Waals surface area contributed by atoms with Gasteiger partial charge in [-0.05, 0) is 34.7 Å². The molecule has 0 saturated carbocycles. The van der Waals surface area contributed by atoms with Crippen molar-refractivity contribution in [3.63, 3.8) is 0 Å². The second kappa shape index (κ2) is 4.96. The lowest BCUT2D eigenvalue weighted by atomic mass is 10.4. The van der Waals surface area contributed by atoms with Crippen LogP contribution in [0.3, 0.4) is 0 Å². The number of sulfonamides is 1. The average molecular weight is 361 g/mol. The quantitative estimate of drug-likeness (QED) is 0.848. The van der Waals surface area contributed by atoms with Gasteiger partial charge in [-0.25, -0.2) is 23.1 Å². The first-order valence-corrected chi connectivity index (χ1v) is 7.19. The zero-order valence-corrected chi connectivity index (χ0v) is 11.5. The molecular formula is C10H8IN3O2S. The van der Waals surface area contributed by atoms with Gasteiger partial charge >= 0.3 is 0 Å². The molecule has 5 nitrogen and oxygen atoms in total. The van der Waals surface area contributed by atoms with Crippen molar-refractivity contribution < 1.29 is 8.42 Å². The molecule has 1 N–H and O–H groups in total. The summed E-state index contributed by atoms with van der Waals surface area (Å²) in [6.07, 6.45) is 3.08. The number of hydrogen-bond acceptors (Lipinski definition) is 4. The molecule has 0 fully saturated rings. The van der Waals surface area contributed by atoms with Crippen LogP contribution >= 0.6 is 22.6 Å². The van der Waals surface area contributed by atoms with Crippen LogP contribution in [0, 0.1) is 3.57 Å². The molecule has 0 saturated heterocycles. The first kappa shape index (κ1) is 12.2. The minimum absolute atomic E-state index is 0.0641. The van der Waals surface area contributed by atoms with E-state index < -0.39 is 10.0 Å². The predicted octanol–water partition coefficient (Wildman–Crippen LogP) is 1.88. The van der Waals surface area contributed by atoms with Crippen molar-refractivity contribution in [2.45, 2.75) is 4.90 Å². The van der Waals surface area contributed by atoms with Crippen molar-refractivity contribution in [3.8, 4) is 0 Å². The Hall–Kier alpha value is -1.22. The Morgan fingerprint density at radius 2 is 1.65 bits per heavy atom. The van der Waals surface area contributed by atoms with Crippen LogP contribution in [0.15, 0.2) is 47.6 Å². The fourth-order valence-electron chi connectivity index (χ4n) is 1.14. The van der Waals surface area contributed by atoms with Gasteiger partial charge in [-0.2, -0.15) is 0 Å². The molecule has 0 unspecified atom stereocenters. The molecule has 1 heterocycles. The summed E-state index contributed by atoms with van der Waals surface area (Å²) < 4.78 is 26.9. The molecule has 2 aromatic rings. The number of benzene rings is 1. The van der Waals surface area contributed by atoms with E-state index in [0.717, 1.165) is 3.57 Å². The highest BCUT2D eigenvalue weighted by atomic mass is 127. The van der Waals surface area contributed by atoms with Gasteiger partial charge in [0.15, 0.2) is 0 Å². The first-order chi connectivity index (χ1) is 8.08. The van der Waals surface area contributed by atoms with E-state index in [1.54, 1.807) is 18.2 Å². The lowest BCUT2D eigenvalue weighted by Gasteiger charge is -2.05. The second-order valence-electron chi connectivity index (χ2n) is 3.14. The number of nitrogens with zero attached hydrogens (tertiary/aromatic N) is 2. The largest absolute Gasteiger partial charge is 0.264 e. The first-order valence-electron chi connectivity index (χ1n) is 4.63. The van der Waals surface area contributed by atoms with Crippen LogP contribution in [0.5, 0.6) is 0 Å². The van der Waals surface area contributed by atoms with Crippen molar-refractivity contribution >= 4 is 38.6 Å². The molecule has 1 aromatic heterocycles. The Labute approximate surface area is 113 Å². The summed E-state index contributed by atoms with van der Waals surface area (Å²) in [5.41, 5.74) is 0. The standard InChI is InChI=1S/C10H8IN3O2S/c11-8-6-12-10(13-7-8)14-17(15,16)9-4-2-1-3-5-9/h1-7H,(H,12,13,14). The van der Waals surface area contributed by atoms with E-state index in [0.29, 0.717) is 0 Å². The zero-order chi connectivity index (χ0) is 12.3. The van der Waals surface area contributed by atoms with E-state index in [1.165, 1.54) is 24.5 Å². The number of hydrogen-bond donors (Lipinski definition) is 1. The summed E-state index contributed by atoms with van der Waals surface area (Å²) in [5.74, 6) is 0.0641. The van der Waals surface area contributed by atoms with E-state index in [2.05, 4.69) is 14.7 Å². The van der Waals surface area contributed by atoms with Crippen molar-refractivity contribution in [3.05, 3.63) is 46.3 Å². The predicted molar refractivity (Wildman–Crippen MR) is 72.0 cm³/mol. The Bertz CT molecular complexity index is 599. The molecule has 1 aromatic carbocycles. The van der Waals surface area contributed by atoms with Gasteiger partial charge in [0.25, 0.3) is 10.0 Å². The summed E-state index contributed by atoms with van der Waals surface area (Å²) in [6.45, 7) is 0. The highest BCUT2D eigenvalue weighted by Crippen LogP contribution is 2.12. The topological polar surface area (TPSA) is 72.0 Å². The number of nitrogens with one attached hydrogen (secondary N) is 1. The van der Waals surface area contributed by atoms with Gasteiger partial charge in [-0.3, -0.25) is 0 Å². The monoisotopic (exact) mass is 361 g/mol. The van der Waals surface area contributed by atoms with E-state index >= 15 is 0 Å². The van der Waals surface area contributed by atoms with Gasteiger partial charge in [-0.15, -0.1) is 0 Å². The Kier molecular flexibility index (Phi) is 3.57. The van der Waals surface area contributed by atoms with Crippen LogP contribution < -0.4 is 4.72 Å². The van der Waals surface area contributed by atoms with Crippen molar-refractivity contribution in [2.75, 3.05) is 4.72 Å². The summed E-state index contributed by atoms with van der Waals surface area (Å²) in [5, 5.41) is 0. The van der Waals surface area contributed by atoms with Crippen molar-refractivity contribution in [1.29, 1.82) is 0 Å². The normalized spacial score (nSPS) is 11.1. The molecule has 0 amide bonds. The molecule has 0 bridgehead atoms. The number of halogens is 1. The molecule has 88 valence electrons. The molecule has 0 aliphatic carbocycles.